The fourth-order valence-corrected chi connectivity index (χ4v) is 3.33. The smallest absolute Gasteiger partial charge is 0.227 e. The van der Waals surface area contributed by atoms with Crippen LogP contribution in [0.4, 0.5) is 5.69 Å². The van der Waals surface area contributed by atoms with Gasteiger partial charge in [0.15, 0.2) is 0 Å². The van der Waals surface area contributed by atoms with Crippen LogP contribution in [0.5, 0.6) is 0 Å². The van der Waals surface area contributed by atoms with E-state index in [1.807, 2.05) is 73.8 Å². The highest BCUT2D eigenvalue weighted by atomic mass is 32.1. The Hall–Kier alpha value is -2.99. The molecule has 2 amide bonds. The van der Waals surface area contributed by atoms with Gasteiger partial charge >= 0.3 is 0 Å². The van der Waals surface area contributed by atoms with Crippen LogP contribution < -0.4 is 10.6 Å². The molecule has 0 saturated carbocycles. The number of hydrogen-bond donors (Lipinski definition) is 2. The van der Waals surface area contributed by atoms with Crippen LogP contribution in [-0.2, 0) is 22.6 Å². The first-order chi connectivity index (χ1) is 13.5. The molecule has 0 aliphatic heterocycles. The molecular weight excluding hydrogens is 370 g/mol. The van der Waals surface area contributed by atoms with Crippen molar-refractivity contribution < 1.29 is 9.59 Å². The quantitative estimate of drug-likeness (QED) is 0.630. The molecule has 6 heteroatoms. The largest absolute Gasteiger partial charge is 0.352 e. The van der Waals surface area contributed by atoms with Crippen molar-refractivity contribution in [2.75, 3.05) is 5.32 Å². The summed E-state index contributed by atoms with van der Waals surface area (Å²) in [5, 5.41) is 8.51. The van der Waals surface area contributed by atoms with E-state index in [1.165, 1.54) is 11.3 Å². The lowest BCUT2D eigenvalue weighted by Crippen LogP contribution is -2.24. The van der Waals surface area contributed by atoms with Crippen molar-refractivity contribution in [3.8, 4) is 11.3 Å². The Morgan fingerprint density at radius 3 is 2.43 bits per heavy atom. The van der Waals surface area contributed by atoms with Gasteiger partial charge in [-0.2, -0.15) is 0 Å². The highest BCUT2D eigenvalue weighted by molar-refractivity contribution is 7.10. The summed E-state index contributed by atoms with van der Waals surface area (Å²) in [4.78, 5) is 28.5. The Kier molecular flexibility index (Phi) is 6.55. The van der Waals surface area contributed by atoms with E-state index in [2.05, 4.69) is 15.6 Å². The second kappa shape index (κ2) is 9.28. The Balaban J connectivity index is 1.56. The second-order valence-electron chi connectivity index (χ2n) is 6.79. The zero-order valence-electron chi connectivity index (χ0n) is 15.9. The van der Waals surface area contributed by atoms with Crippen molar-refractivity contribution in [1.82, 2.24) is 10.3 Å². The van der Waals surface area contributed by atoms with Crippen molar-refractivity contribution in [3.63, 3.8) is 0 Å². The maximum Gasteiger partial charge on any atom is 0.227 e. The minimum absolute atomic E-state index is 0.00907. The van der Waals surface area contributed by atoms with Crippen LogP contribution >= 0.6 is 11.3 Å². The zero-order chi connectivity index (χ0) is 19.9. The van der Waals surface area contributed by atoms with E-state index < -0.39 is 0 Å². The molecule has 0 aliphatic carbocycles. The number of carbonyl (C=O) groups excluding carboxylic acids is 2. The van der Waals surface area contributed by atoms with Crippen molar-refractivity contribution in [2.45, 2.75) is 26.8 Å². The molecule has 2 N–H and O–H groups in total. The maximum absolute atomic E-state index is 12.1. The first-order valence-corrected chi connectivity index (χ1v) is 10.1. The molecule has 0 spiro atoms. The third-order valence-electron chi connectivity index (χ3n) is 4.17. The summed E-state index contributed by atoms with van der Waals surface area (Å²) in [6.07, 6.45) is 0.264. The second-order valence-corrected chi connectivity index (χ2v) is 7.73. The van der Waals surface area contributed by atoms with Crippen LogP contribution in [-0.4, -0.2) is 16.8 Å². The van der Waals surface area contributed by atoms with Gasteiger partial charge < -0.3 is 10.6 Å². The molecule has 3 rings (SSSR count). The highest BCUT2D eigenvalue weighted by Crippen LogP contribution is 2.24. The van der Waals surface area contributed by atoms with E-state index in [9.17, 15) is 9.59 Å². The summed E-state index contributed by atoms with van der Waals surface area (Å²) in [7, 11) is 0. The molecule has 2 aromatic carbocycles. The Morgan fingerprint density at radius 2 is 1.75 bits per heavy atom. The molecule has 144 valence electrons. The van der Waals surface area contributed by atoms with Gasteiger partial charge in [0.05, 0.1) is 12.1 Å². The van der Waals surface area contributed by atoms with Gasteiger partial charge in [0, 0.05) is 29.1 Å². The lowest BCUT2D eigenvalue weighted by Gasteiger charge is -2.07. The minimum Gasteiger partial charge on any atom is -0.352 e. The molecule has 0 unspecified atom stereocenters. The van der Waals surface area contributed by atoms with Crippen LogP contribution in [0.1, 0.15) is 24.4 Å². The summed E-state index contributed by atoms with van der Waals surface area (Å²) in [6, 6.07) is 17.4. The van der Waals surface area contributed by atoms with Crippen LogP contribution in [0.2, 0.25) is 0 Å². The molecule has 0 saturated heterocycles. The standard InChI is InChI=1S/C22H23N3O2S/c1-15(2)22(27)24-18-10-8-17(9-11-18)19-14-28-21(25-19)12-20(26)23-13-16-6-4-3-5-7-16/h3-11,14-15H,12-13H2,1-2H3,(H,23,26)(H,24,27). The summed E-state index contributed by atoms with van der Waals surface area (Å²) >= 11 is 1.47. The summed E-state index contributed by atoms with van der Waals surface area (Å²) in [5.74, 6) is -0.115. The van der Waals surface area contributed by atoms with Gasteiger partial charge in [-0.05, 0) is 17.7 Å². The van der Waals surface area contributed by atoms with E-state index in [0.717, 1.165) is 27.5 Å². The maximum atomic E-state index is 12.1. The average molecular weight is 394 g/mol. The number of anilines is 1. The van der Waals surface area contributed by atoms with Gasteiger partial charge in [-0.15, -0.1) is 11.3 Å². The SMILES string of the molecule is CC(C)C(=O)Nc1ccc(-c2csc(CC(=O)NCc3ccccc3)n2)cc1. The number of nitrogens with one attached hydrogen (secondary N) is 2. The summed E-state index contributed by atoms with van der Waals surface area (Å²) in [6.45, 7) is 4.23. The average Bonchev–Trinajstić information content (AvgIpc) is 3.16. The topological polar surface area (TPSA) is 71.1 Å². The predicted octanol–water partition coefficient (Wildman–Crippen LogP) is 4.26. The third-order valence-corrected chi connectivity index (χ3v) is 5.02. The van der Waals surface area contributed by atoms with Crippen LogP contribution in [0.15, 0.2) is 60.0 Å². The zero-order valence-corrected chi connectivity index (χ0v) is 16.8. The van der Waals surface area contributed by atoms with E-state index in [0.29, 0.717) is 6.54 Å². The number of nitrogens with zero attached hydrogens (tertiary/aromatic N) is 1. The molecule has 0 bridgehead atoms. The van der Waals surface area contributed by atoms with Crippen molar-refractivity contribution in [3.05, 3.63) is 70.5 Å². The molecule has 28 heavy (non-hydrogen) atoms. The van der Waals surface area contributed by atoms with E-state index in [4.69, 9.17) is 0 Å². The summed E-state index contributed by atoms with van der Waals surface area (Å²) in [5.41, 5.74) is 3.62. The van der Waals surface area contributed by atoms with Gasteiger partial charge in [-0.3, -0.25) is 9.59 Å². The number of aromatic nitrogens is 1. The molecular formula is C22H23N3O2S. The summed E-state index contributed by atoms with van der Waals surface area (Å²) < 4.78 is 0. The number of rotatable bonds is 7. The minimum atomic E-state index is -0.0613. The number of hydrogen-bond acceptors (Lipinski definition) is 4. The molecule has 0 radical (unpaired) electrons. The van der Waals surface area contributed by atoms with Gasteiger partial charge in [0.25, 0.3) is 0 Å². The number of amides is 2. The number of benzene rings is 2. The van der Waals surface area contributed by atoms with Gasteiger partial charge in [0.2, 0.25) is 11.8 Å². The Bertz CT molecular complexity index is 934. The van der Waals surface area contributed by atoms with E-state index >= 15 is 0 Å². The van der Waals surface area contributed by atoms with E-state index in [-0.39, 0.29) is 24.2 Å². The lowest BCUT2D eigenvalue weighted by atomic mass is 10.1. The third kappa shape index (κ3) is 5.50. The molecule has 1 aromatic heterocycles. The van der Waals surface area contributed by atoms with Crippen LogP contribution in [0.3, 0.4) is 0 Å². The number of thiazole rings is 1. The first-order valence-electron chi connectivity index (χ1n) is 9.17. The lowest BCUT2D eigenvalue weighted by molar-refractivity contribution is -0.120. The molecule has 5 nitrogen and oxygen atoms in total. The molecule has 0 fully saturated rings. The molecule has 1 heterocycles. The number of carbonyl (C=O) groups is 2. The van der Waals surface area contributed by atoms with Gasteiger partial charge in [-0.25, -0.2) is 4.98 Å². The highest BCUT2D eigenvalue weighted by Gasteiger charge is 2.10. The Labute approximate surface area is 168 Å². The molecule has 3 aromatic rings. The first kappa shape index (κ1) is 19.8. The predicted molar refractivity (Wildman–Crippen MR) is 113 cm³/mol. The molecule has 0 aliphatic rings. The monoisotopic (exact) mass is 393 g/mol. The van der Waals surface area contributed by atoms with Crippen LogP contribution in [0, 0.1) is 5.92 Å². The fourth-order valence-electron chi connectivity index (χ4n) is 2.53. The van der Waals surface area contributed by atoms with Gasteiger partial charge in [-0.1, -0.05) is 56.3 Å². The normalized spacial score (nSPS) is 10.7. The van der Waals surface area contributed by atoms with Crippen molar-refractivity contribution >= 4 is 28.8 Å². The Morgan fingerprint density at radius 1 is 1.04 bits per heavy atom. The van der Waals surface area contributed by atoms with Crippen LogP contribution in [0.25, 0.3) is 11.3 Å². The fraction of sp³-hybridized carbons (Fsp3) is 0.227. The van der Waals surface area contributed by atoms with Gasteiger partial charge in [0.1, 0.15) is 5.01 Å². The molecule has 0 atom stereocenters. The van der Waals surface area contributed by atoms with E-state index in [1.54, 1.807) is 0 Å². The van der Waals surface area contributed by atoms with Crippen molar-refractivity contribution in [1.29, 1.82) is 0 Å². The van der Waals surface area contributed by atoms with Crippen molar-refractivity contribution in [2.24, 2.45) is 5.92 Å².